The van der Waals surface area contributed by atoms with Crippen LogP contribution in [0.2, 0.25) is 0 Å². The van der Waals surface area contributed by atoms with Gasteiger partial charge >= 0.3 is 0 Å². The summed E-state index contributed by atoms with van der Waals surface area (Å²) in [5.41, 5.74) is 9.80. The Balaban J connectivity index is 1.23. The maximum Gasteiger partial charge on any atom is 0.207 e. The minimum Gasteiger partial charge on any atom is -0.493 e. The molecule has 2 fully saturated rings. The van der Waals surface area contributed by atoms with Crippen molar-refractivity contribution in [1.82, 2.24) is 24.4 Å². The number of hydrogen-bond acceptors (Lipinski definition) is 11. The third-order valence-electron chi connectivity index (χ3n) is 8.18. The first-order chi connectivity index (χ1) is 21.0. The lowest BCUT2D eigenvalue weighted by Gasteiger charge is -2.26. The third-order valence-corrected chi connectivity index (χ3v) is 8.18. The quantitative estimate of drug-likeness (QED) is 0.163. The zero-order valence-corrected chi connectivity index (χ0v) is 24.0. The van der Waals surface area contributed by atoms with Crippen LogP contribution in [-0.4, -0.2) is 90.9 Å². The van der Waals surface area contributed by atoms with Gasteiger partial charge in [-0.25, -0.2) is 15.0 Å². The normalized spacial score (nSPS) is 22.7. The summed E-state index contributed by atoms with van der Waals surface area (Å²) < 4.78 is 13.7. The number of aliphatic hydroxyl groups excluding tert-OH is 3. The molecule has 12 heteroatoms. The summed E-state index contributed by atoms with van der Waals surface area (Å²) in [4.78, 5) is 15.5. The number of imidazole rings is 1. The van der Waals surface area contributed by atoms with Gasteiger partial charge in [0.25, 0.3) is 0 Å². The van der Waals surface area contributed by atoms with E-state index < -0.39 is 31.1 Å². The topological polar surface area (TPSA) is 164 Å². The van der Waals surface area contributed by atoms with Crippen molar-refractivity contribution in [3.8, 4) is 16.9 Å². The van der Waals surface area contributed by atoms with Gasteiger partial charge in [0.15, 0.2) is 23.2 Å². The molecule has 0 bridgehead atoms. The monoisotopic (exact) mass is 589 g/mol. The molecule has 6 rings (SSSR count). The number of nitrogens with zero attached hydrogens (tertiary/aromatic N) is 5. The van der Waals surface area contributed by atoms with E-state index >= 15 is 0 Å². The van der Waals surface area contributed by atoms with Gasteiger partial charge in [-0.05, 0) is 49.5 Å². The zero-order chi connectivity index (χ0) is 29.8. The number of fused-ring (bicyclic) bond motifs is 1. The molecule has 0 saturated carbocycles. The van der Waals surface area contributed by atoms with Gasteiger partial charge in [-0.3, -0.25) is 4.57 Å². The lowest BCUT2D eigenvalue weighted by atomic mass is 10.0. The molecule has 12 nitrogen and oxygen atoms in total. The smallest absolute Gasteiger partial charge is 0.207 e. The summed E-state index contributed by atoms with van der Waals surface area (Å²) in [6, 6.07) is 16.3. The number of nitrogen functional groups attached to an aromatic ring is 1. The summed E-state index contributed by atoms with van der Waals surface area (Å²) in [7, 11) is 0. The van der Waals surface area contributed by atoms with Gasteiger partial charge in [0.05, 0.1) is 13.2 Å². The number of benzene rings is 2. The van der Waals surface area contributed by atoms with Crippen LogP contribution in [0.5, 0.6) is 5.75 Å². The fourth-order valence-electron chi connectivity index (χ4n) is 5.87. The largest absolute Gasteiger partial charge is 0.493 e. The van der Waals surface area contributed by atoms with Crippen molar-refractivity contribution in [2.45, 2.75) is 56.8 Å². The number of rotatable bonds is 11. The molecule has 2 aromatic carbocycles. The number of piperidine rings is 1. The van der Waals surface area contributed by atoms with E-state index in [-0.39, 0.29) is 5.82 Å². The van der Waals surface area contributed by atoms with Gasteiger partial charge in [-0.1, -0.05) is 48.9 Å². The minimum absolute atomic E-state index is 0.172. The van der Waals surface area contributed by atoms with E-state index in [4.69, 9.17) is 15.2 Å². The number of ether oxygens (including phenoxy) is 2. The van der Waals surface area contributed by atoms with Crippen LogP contribution in [-0.2, 0) is 11.3 Å². The molecule has 0 aliphatic carbocycles. The molecule has 0 amide bonds. The molecule has 43 heavy (non-hydrogen) atoms. The van der Waals surface area contributed by atoms with Crippen molar-refractivity contribution in [3.05, 3.63) is 60.4 Å². The maximum absolute atomic E-state index is 10.8. The van der Waals surface area contributed by atoms with Crippen molar-refractivity contribution in [2.75, 3.05) is 43.9 Å². The van der Waals surface area contributed by atoms with Gasteiger partial charge in [0.2, 0.25) is 5.95 Å². The Labute approximate surface area is 250 Å². The second kappa shape index (κ2) is 13.2. The fraction of sp³-hybridized carbons (Fsp3) is 0.452. The van der Waals surface area contributed by atoms with E-state index in [1.165, 1.54) is 38.7 Å². The highest BCUT2D eigenvalue weighted by molar-refractivity contribution is 5.84. The van der Waals surface area contributed by atoms with E-state index in [2.05, 4.69) is 43.4 Å². The number of hydrogen-bond donors (Lipinski definition) is 5. The zero-order valence-electron chi connectivity index (χ0n) is 24.0. The molecule has 4 aromatic rings. The maximum atomic E-state index is 10.8. The third kappa shape index (κ3) is 6.29. The lowest BCUT2D eigenvalue weighted by molar-refractivity contribution is -0.0501. The Morgan fingerprint density at radius 3 is 2.60 bits per heavy atom. The molecule has 228 valence electrons. The standard InChI is InChI=1S/C31H39N7O5/c32-28-25-29(35-19-34-28)38(30-27(41)26(40)24(18-39)43-30)31(36-25)33-17-20-10-11-22(21-8-3-1-4-9-21)23(16-20)42-15-7-14-37-12-5-2-6-13-37/h1,3-4,8-11,16,19,24,26-27,30,39-41H,2,5-7,12-15,17-18H2,(H,33,36)(H2,32,34,35)/t24-,26-,27-,30-/m1/s1. The molecule has 4 heterocycles. The lowest BCUT2D eigenvalue weighted by Crippen LogP contribution is -2.33. The number of nitrogens with one attached hydrogen (secondary N) is 1. The highest BCUT2D eigenvalue weighted by Crippen LogP contribution is 2.36. The van der Waals surface area contributed by atoms with Gasteiger partial charge in [-0.15, -0.1) is 0 Å². The van der Waals surface area contributed by atoms with E-state index in [9.17, 15) is 15.3 Å². The summed E-state index contributed by atoms with van der Waals surface area (Å²) >= 11 is 0. The van der Waals surface area contributed by atoms with E-state index in [0.717, 1.165) is 35.4 Å². The molecule has 0 unspecified atom stereocenters. The van der Waals surface area contributed by atoms with Crippen LogP contribution in [0.25, 0.3) is 22.3 Å². The highest BCUT2D eigenvalue weighted by atomic mass is 16.6. The van der Waals surface area contributed by atoms with Gasteiger partial charge in [-0.2, -0.15) is 0 Å². The second-order valence-electron chi connectivity index (χ2n) is 11.1. The van der Waals surface area contributed by atoms with E-state index in [1.54, 1.807) is 4.57 Å². The van der Waals surface area contributed by atoms with Gasteiger partial charge in [0.1, 0.15) is 30.4 Å². The summed E-state index contributed by atoms with van der Waals surface area (Å²) in [5, 5.41) is 34.1. The summed E-state index contributed by atoms with van der Waals surface area (Å²) in [6.45, 7) is 3.90. The number of nitrogens with two attached hydrogens (primary N) is 1. The first-order valence-corrected chi connectivity index (χ1v) is 14.9. The molecular formula is C31H39N7O5. The van der Waals surface area contributed by atoms with Crippen LogP contribution >= 0.6 is 0 Å². The first-order valence-electron chi connectivity index (χ1n) is 14.9. The molecule has 4 atom stereocenters. The molecule has 2 aliphatic rings. The van der Waals surface area contributed by atoms with Crippen LogP contribution in [0.15, 0.2) is 54.9 Å². The van der Waals surface area contributed by atoms with Gasteiger partial charge in [0, 0.05) is 18.7 Å². The number of anilines is 2. The van der Waals surface area contributed by atoms with E-state index in [0.29, 0.717) is 30.3 Å². The van der Waals surface area contributed by atoms with Crippen molar-refractivity contribution < 1.29 is 24.8 Å². The van der Waals surface area contributed by atoms with Crippen molar-refractivity contribution in [1.29, 1.82) is 0 Å². The van der Waals surface area contributed by atoms with Crippen molar-refractivity contribution in [3.63, 3.8) is 0 Å². The van der Waals surface area contributed by atoms with Crippen LogP contribution in [0.4, 0.5) is 11.8 Å². The van der Waals surface area contributed by atoms with Crippen molar-refractivity contribution in [2.24, 2.45) is 0 Å². The Hall–Kier alpha value is -3.81. The molecule has 6 N–H and O–H groups in total. The first kappa shape index (κ1) is 29.3. The number of aliphatic hydroxyl groups is 3. The predicted molar refractivity (Wildman–Crippen MR) is 162 cm³/mol. The Morgan fingerprint density at radius 2 is 1.84 bits per heavy atom. The van der Waals surface area contributed by atoms with Gasteiger partial charge < -0.3 is 40.7 Å². The van der Waals surface area contributed by atoms with E-state index in [1.807, 2.05) is 30.3 Å². The summed E-state index contributed by atoms with van der Waals surface area (Å²) in [6.07, 6.45) is 1.53. The van der Waals surface area contributed by atoms with Crippen LogP contribution in [0.3, 0.4) is 0 Å². The Kier molecular flexibility index (Phi) is 9.00. The van der Waals surface area contributed by atoms with Crippen LogP contribution < -0.4 is 15.8 Å². The number of aromatic nitrogens is 4. The predicted octanol–water partition coefficient (Wildman–Crippen LogP) is 2.55. The SMILES string of the molecule is Nc1ncnc2c1nc(NCc1ccc(-c3ccccc3)c(OCCCN3CCCCC3)c1)n2[C@@H]1O[C@H](CO)[C@@H](O)[C@H]1O. The molecule has 2 aromatic heterocycles. The fourth-order valence-corrected chi connectivity index (χ4v) is 5.87. The average molecular weight is 590 g/mol. The molecule has 2 saturated heterocycles. The molecule has 0 spiro atoms. The molecule has 2 aliphatic heterocycles. The van der Waals surface area contributed by atoms with Crippen molar-refractivity contribution >= 4 is 22.9 Å². The Morgan fingerprint density at radius 1 is 1.02 bits per heavy atom. The molecule has 0 radical (unpaired) electrons. The van der Waals surface area contributed by atoms with Crippen LogP contribution in [0, 0.1) is 0 Å². The summed E-state index contributed by atoms with van der Waals surface area (Å²) in [5.74, 6) is 1.30. The highest BCUT2D eigenvalue weighted by Gasteiger charge is 2.45. The number of likely N-dealkylation sites (tertiary alicyclic amines) is 1. The molecular weight excluding hydrogens is 550 g/mol. The van der Waals surface area contributed by atoms with Crippen LogP contribution in [0.1, 0.15) is 37.5 Å². The Bertz CT molecular complexity index is 1510. The second-order valence-corrected chi connectivity index (χ2v) is 11.1. The average Bonchev–Trinajstić information content (AvgIpc) is 3.55. The minimum atomic E-state index is -1.32.